The van der Waals surface area contributed by atoms with Gasteiger partial charge in [0.15, 0.2) is 0 Å². The molecule has 0 unspecified atom stereocenters. The van der Waals surface area contributed by atoms with Gasteiger partial charge in [-0.1, -0.05) is 12.5 Å². The maximum atomic E-state index is 11.0. The van der Waals surface area contributed by atoms with Crippen LogP contribution in [0.4, 0.5) is 0 Å². The SMILES string of the molecule is Cc1cncc(CC2(C=O)CCC2)c1. The Labute approximate surface area is 84.4 Å². The minimum atomic E-state index is -0.0600. The highest BCUT2D eigenvalue weighted by Gasteiger charge is 2.36. The van der Waals surface area contributed by atoms with Gasteiger partial charge in [0.2, 0.25) is 0 Å². The monoisotopic (exact) mass is 189 g/mol. The minimum Gasteiger partial charge on any atom is -0.303 e. The summed E-state index contributed by atoms with van der Waals surface area (Å²) in [5, 5.41) is 0. The van der Waals surface area contributed by atoms with E-state index in [1.54, 1.807) is 0 Å². The molecule has 0 aromatic carbocycles. The number of hydrogen-bond acceptors (Lipinski definition) is 2. The third-order valence-corrected chi connectivity index (χ3v) is 3.09. The first kappa shape index (κ1) is 9.38. The second-order valence-electron chi connectivity index (χ2n) is 4.38. The lowest BCUT2D eigenvalue weighted by molar-refractivity contribution is -0.120. The Bertz CT molecular complexity index is 342. The second-order valence-corrected chi connectivity index (χ2v) is 4.38. The fourth-order valence-corrected chi connectivity index (χ4v) is 2.09. The fraction of sp³-hybridized carbons (Fsp3) is 0.500. The van der Waals surface area contributed by atoms with E-state index in [4.69, 9.17) is 0 Å². The summed E-state index contributed by atoms with van der Waals surface area (Å²) in [6.45, 7) is 2.03. The van der Waals surface area contributed by atoms with E-state index in [0.717, 1.165) is 25.5 Å². The molecule has 1 aromatic heterocycles. The highest BCUT2D eigenvalue weighted by atomic mass is 16.1. The first-order valence-electron chi connectivity index (χ1n) is 5.11. The van der Waals surface area contributed by atoms with Crippen LogP contribution >= 0.6 is 0 Å². The third kappa shape index (κ3) is 1.69. The van der Waals surface area contributed by atoms with Crippen LogP contribution in [0.3, 0.4) is 0 Å². The normalized spacial score (nSPS) is 18.6. The van der Waals surface area contributed by atoms with E-state index in [-0.39, 0.29) is 5.41 Å². The van der Waals surface area contributed by atoms with Gasteiger partial charge in [-0.25, -0.2) is 0 Å². The summed E-state index contributed by atoms with van der Waals surface area (Å²) in [5.74, 6) is 0. The van der Waals surface area contributed by atoms with Crippen molar-refractivity contribution in [3.8, 4) is 0 Å². The highest BCUT2D eigenvalue weighted by molar-refractivity contribution is 5.61. The zero-order chi connectivity index (χ0) is 10.0. The molecule has 0 saturated heterocycles. The Kier molecular flexibility index (Phi) is 2.36. The number of aryl methyl sites for hydroxylation is 1. The molecular formula is C12H15NO. The molecule has 0 atom stereocenters. The predicted octanol–water partition coefficient (Wildman–Crippen LogP) is 2.30. The molecule has 2 heteroatoms. The number of carbonyl (C=O) groups excluding carboxylic acids is 1. The van der Waals surface area contributed by atoms with Crippen LogP contribution in [0.1, 0.15) is 30.4 Å². The lowest BCUT2D eigenvalue weighted by atomic mass is 9.66. The number of carbonyl (C=O) groups is 1. The van der Waals surface area contributed by atoms with Crippen LogP contribution in [0.25, 0.3) is 0 Å². The number of aromatic nitrogens is 1. The Hall–Kier alpha value is -1.18. The maximum absolute atomic E-state index is 11.0. The van der Waals surface area contributed by atoms with Gasteiger partial charge in [-0.3, -0.25) is 4.98 Å². The minimum absolute atomic E-state index is 0.0600. The van der Waals surface area contributed by atoms with Crippen molar-refractivity contribution in [2.75, 3.05) is 0 Å². The number of hydrogen-bond donors (Lipinski definition) is 0. The Morgan fingerprint density at radius 2 is 2.29 bits per heavy atom. The second kappa shape index (κ2) is 3.52. The molecule has 1 heterocycles. The van der Waals surface area contributed by atoms with Crippen molar-refractivity contribution in [2.45, 2.75) is 32.6 Å². The van der Waals surface area contributed by atoms with Gasteiger partial charge in [0.05, 0.1) is 0 Å². The summed E-state index contributed by atoms with van der Waals surface area (Å²) in [5.41, 5.74) is 2.30. The largest absolute Gasteiger partial charge is 0.303 e. The molecule has 1 saturated carbocycles. The molecule has 2 rings (SSSR count). The predicted molar refractivity (Wildman–Crippen MR) is 55.0 cm³/mol. The van der Waals surface area contributed by atoms with Crippen molar-refractivity contribution in [1.29, 1.82) is 0 Å². The summed E-state index contributed by atoms with van der Waals surface area (Å²) < 4.78 is 0. The van der Waals surface area contributed by atoms with Crippen molar-refractivity contribution in [1.82, 2.24) is 4.98 Å². The molecule has 0 bridgehead atoms. The molecular weight excluding hydrogens is 174 g/mol. The van der Waals surface area contributed by atoms with Crippen LogP contribution in [0, 0.1) is 12.3 Å². The van der Waals surface area contributed by atoms with Crippen molar-refractivity contribution in [3.63, 3.8) is 0 Å². The van der Waals surface area contributed by atoms with Crippen molar-refractivity contribution < 1.29 is 4.79 Å². The molecule has 1 aliphatic rings. The van der Waals surface area contributed by atoms with Gasteiger partial charge in [0.1, 0.15) is 6.29 Å². The third-order valence-electron chi connectivity index (χ3n) is 3.09. The van der Waals surface area contributed by atoms with E-state index in [1.807, 2.05) is 19.3 Å². The molecule has 14 heavy (non-hydrogen) atoms. The molecule has 0 spiro atoms. The molecule has 0 N–H and O–H groups in total. The molecule has 0 radical (unpaired) electrons. The summed E-state index contributed by atoms with van der Waals surface area (Å²) in [7, 11) is 0. The Morgan fingerprint density at radius 1 is 1.50 bits per heavy atom. The van der Waals surface area contributed by atoms with E-state index in [2.05, 4.69) is 11.1 Å². The molecule has 2 nitrogen and oxygen atoms in total. The first-order valence-corrected chi connectivity index (χ1v) is 5.11. The van der Waals surface area contributed by atoms with Gasteiger partial charge in [0, 0.05) is 17.8 Å². The summed E-state index contributed by atoms with van der Waals surface area (Å²) in [4.78, 5) is 15.1. The van der Waals surface area contributed by atoms with E-state index in [9.17, 15) is 4.79 Å². The van der Waals surface area contributed by atoms with Crippen LogP contribution in [-0.4, -0.2) is 11.3 Å². The van der Waals surface area contributed by atoms with E-state index >= 15 is 0 Å². The van der Waals surface area contributed by atoms with E-state index < -0.39 is 0 Å². The van der Waals surface area contributed by atoms with Crippen molar-refractivity contribution in [3.05, 3.63) is 29.6 Å². The molecule has 1 aromatic rings. The number of rotatable bonds is 3. The standard InChI is InChI=1S/C12H15NO/c1-10-5-11(8-13-7-10)6-12(9-14)3-2-4-12/h5,7-9H,2-4,6H2,1H3. The van der Waals surface area contributed by atoms with Crippen molar-refractivity contribution >= 4 is 6.29 Å². The summed E-state index contributed by atoms with van der Waals surface area (Å²) >= 11 is 0. The van der Waals surface area contributed by atoms with Crippen LogP contribution in [0.15, 0.2) is 18.5 Å². The van der Waals surface area contributed by atoms with Gasteiger partial charge in [0.25, 0.3) is 0 Å². The fourth-order valence-electron chi connectivity index (χ4n) is 2.09. The molecule has 1 aliphatic carbocycles. The van der Waals surface area contributed by atoms with Gasteiger partial charge in [-0.15, -0.1) is 0 Å². The lowest BCUT2D eigenvalue weighted by Crippen LogP contribution is -2.33. The van der Waals surface area contributed by atoms with Crippen LogP contribution in [0.5, 0.6) is 0 Å². The average molecular weight is 189 g/mol. The van der Waals surface area contributed by atoms with Crippen molar-refractivity contribution in [2.24, 2.45) is 5.41 Å². The quantitative estimate of drug-likeness (QED) is 0.683. The van der Waals surface area contributed by atoms with E-state index in [0.29, 0.717) is 0 Å². The Balaban J connectivity index is 2.13. The smallest absolute Gasteiger partial charge is 0.126 e. The lowest BCUT2D eigenvalue weighted by Gasteiger charge is -2.36. The zero-order valence-electron chi connectivity index (χ0n) is 8.49. The van der Waals surface area contributed by atoms with Crippen LogP contribution in [-0.2, 0) is 11.2 Å². The molecule has 0 aliphatic heterocycles. The number of aldehydes is 1. The summed E-state index contributed by atoms with van der Waals surface area (Å²) in [6, 6.07) is 2.12. The molecule has 74 valence electrons. The first-order chi connectivity index (χ1) is 6.74. The topological polar surface area (TPSA) is 30.0 Å². The van der Waals surface area contributed by atoms with Crippen LogP contribution < -0.4 is 0 Å². The summed E-state index contributed by atoms with van der Waals surface area (Å²) in [6.07, 6.45) is 9.01. The maximum Gasteiger partial charge on any atom is 0.126 e. The average Bonchev–Trinajstić information content (AvgIpc) is 2.11. The van der Waals surface area contributed by atoms with Gasteiger partial charge < -0.3 is 4.79 Å². The van der Waals surface area contributed by atoms with Crippen LogP contribution in [0.2, 0.25) is 0 Å². The van der Waals surface area contributed by atoms with Gasteiger partial charge in [-0.2, -0.15) is 0 Å². The highest BCUT2D eigenvalue weighted by Crippen LogP contribution is 2.41. The number of pyridine rings is 1. The zero-order valence-corrected chi connectivity index (χ0v) is 8.49. The molecule has 0 amide bonds. The molecule has 1 fully saturated rings. The van der Waals surface area contributed by atoms with E-state index in [1.165, 1.54) is 17.5 Å². The number of nitrogens with zero attached hydrogens (tertiary/aromatic N) is 1. The Morgan fingerprint density at radius 3 is 2.79 bits per heavy atom. The van der Waals surface area contributed by atoms with Gasteiger partial charge in [-0.05, 0) is 37.3 Å². The van der Waals surface area contributed by atoms with Gasteiger partial charge >= 0.3 is 0 Å².